The number of nitrogens with zero attached hydrogens (tertiary/aromatic N) is 2. The highest BCUT2D eigenvalue weighted by Gasteiger charge is 2.35. The molecule has 0 aliphatic carbocycles. The van der Waals surface area contributed by atoms with Crippen LogP contribution in [0.5, 0.6) is 0 Å². The Morgan fingerprint density at radius 3 is 2.59 bits per heavy atom. The second-order valence-corrected chi connectivity index (χ2v) is 6.42. The lowest BCUT2D eigenvalue weighted by Gasteiger charge is -2.42. The average Bonchev–Trinajstić information content (AvgIpc) is 2.40. The largest absolute Gasteiger partial charge is 0.338 e. The first-order valence-electron chi connectivity index (χ1n) is 7.01. The molecule has 0 aromatic heterocycles. The lowest BCUT2D eigenvalue weighted by Crippen LogP contribution is -2.54. The molecular formula is C15H22ClN3O3. The van der Waals surface area contributed by atoms with Crippen LogP contribution in [0.2, 0.25) is 0 Å². The summed E-state index contributed by atoms with van der Waals surface area (Å²) < 4.78 is 0. The maximum atomic E-state index is 12.6. The molecule has 1 aromatic rings. The number of halogens is 1. The summed E-state index contributed by atoms with van der Waals surface area (Å²) in [4.78, 5) is 24.8. The molecule has 1 unspecified atom stereocenters. The highest BCUT2D eigenvalue weighted by atomic mass is 35.5. The van der Waals surface area contributed by atoms with Crippen LogP contribution in [0.25, 0.3) is 0 Å². The minimum absolute atomic E-state index is 0. The Kier molecular flexibility index (Phi) is 5.54. The zero-order valence-electron chi connectivity index (χ0n) is 13.0. The van der Waals surface area contributed by atoms with E-state index in [0.29, 0.717) is 24.2 Å². The van der Waals surface area contributed by atoms with Crippen molar-refractivity contribution in [2.75, 3.05) is 13.1 Å². The molecule has 1 aliphatic heterocycles. The summed E-state index contributed by atoms with van der Waals surface area (Å²) in [5.74, 6) is -0.165. The molecule has 1 aromatic carbocycles. The van der Waals surface area contributed by atoms with Gasteiger partial charge in [-0.1, -0.05) is 13.8 Å². The fraction of sp³-hybridized carbons (Fsp3) is 0.533. The minimum atomic E-state index is -0.472. The Hall–Kier alpha value is -1.66. The van der Waals surface area contributed by atoms with Crippen molar-refractivity contribution in [2.45, 2.75) is 33.2 Å². The lowest BCUT2D eigenvalue weighted by molar-refractivity contribution is -0.384. The molecular weight excluding hydrogens is 306 g/mol. The summed E-state index contributed by atoms with van der Waals surface area (Å²) in [5, 5.41) is 10.9. The number of aryl methyl sites for hydroxylation is 1. The van der Waals surface area contributed by atoms with Crippen molar-refractivity contribution in [3.05, 3.63) is 39.4 Å². The van der Waals surface area contributed by atoms with Gasteiger partial charge in [-0.15, -0.1) is 12.4 Å². The van der Waals surface area contributed by atoms with Crippen LogP contribution in [-0.2, 0) is 0 Å². The van der Waals surface area contributed by atoms with Gasteiger partial charge >= 0.3 is 0 Å². The van der Waals surface area contributed by atoms with E-state index < -0.39 is 4.92 Å². The maximum absolute atomic E-state index is 12.6. The predicted octanol–water partition coefficient (Wildman–Crippen LogP) is 2.52. The standard InChI is InChI=1S/C15H21N3O3.ClH/c1-10-6-11(8-12(7-10)18(20)21)14(19)17-5-4-13(16)15(2,3)9-17;/h6-8,13H,4-5,9,16H2,1-3H3;1H. The molecule has 0 bridgehead atoms. The Labute approximate surface area is 136 Å². The first-order chi connectivity index (χ1) is 9.70. The number of nitro benzene ring substituents is 1. The van der Waals surface area contributed by atoms with E-state index in [9.17, 15) is 14.9 Å². The summed E-state index contributed by atoms with van der Waals surface area (Å²) in [7, 11) is 0. The van der Waals surface area contributed by atoms with Gasteiger partial charge in [-0.05, 0) is 30.4 Å². The third-order valence-electron chi connectivity index (χ3n) is 4.12. The van der Waals surface area contributed by atoms with Crippen LogP contribution in [0.15, 0.2) is 18.2 Å². The molecule has 1 fully saturated rings. The molecule has 1 heterocycles. The molecule has 1 saturated heterocycles. The molecule has 1 atom stereocenters. The number of non-ortho nitro benzene ring substituents is 1. The number of benzene rings is 1. The van der Waals surface area contributed by atoms with Crippen LogP contribution in [0.3, 0.4) is 0 Å². The van der Waals surface area contributed by atoms with Crippen molar-refractivity contribution in [1.82, 2.24) is 4.90 Å². The van der Waals surface area contributed by atoms with Crippen molar-refractivity contribution >= 4 is 24.0 Å². The average molecular weight is 328 g/mol. The number of nitro groups is 1. The van der Waals surface area contributed by atoms with Gasteiger partial charge < -0.3 is 10.6 Å². The topological polar surface area (TPSA) is 89.5 Å². The number of carbonyl (C=O) groups excluding carboxylic acids is 1. The van der Waals surface area contributed by atoms with Gasteiger partial charge in [0, 0.05) is 36.8 Å². The molecule has 2 rings (SSSR count). The predicted molar refractivity (Wildman–Crippen MR) is 87.4 cm³/mol. The van der Waals surface area contributed by atoms with Crippen LogP contribution in [-0.4, -0.2) is 34.9 Å². The van der Waals surface area contributed by atoms with Crippen LogP contribution >= 0.6 is 12.4 Å². The van der Waals surface area contributed by atoms with Gasteiger partial charge in [0.05, 0.1) is 4.92 Å². The second-order valence-electron chi connectivity index (χ2n) is 6.42. The zero-order valence-corrected chi connectivity index (χ0v) is 13.9. The van der Waals surface area contributed by atoms with Crippen LogP contribution < -0.4 is 5.73 Å². The summed E-state index contributed by atoms with van der Waals surface area (Å²) in [6.45, 7) is 6.98. The molecule has 2 N–H and O–H groups in total. The smallest absolute Gasteiger partial charge is 0.270 e. The Morgan fingerprint density at radius 2 is 2.05 bits per heavy atom. The van der Waals surface area contributed by atoms with Crippen LogP contribution in [0.1, 0.15) is 36.2 Å². The molecule has 122 valence electrons. The molecule has 0 radical (unpaired) electrons. The fourth-order valence-electron chi connectivity index (χ4n) is 2.72. The number of hydrogen-bond acceptors (Lipinski definition) is 4. The van der Waals surface area contributed by atoms with Gasteiger partial charge in [0.2, 0.25) is 0 Å². The molecule has 1 amide bonds. The highest BCUT2D eigenvalue weighted by molar-refractivity contribution is 5.95. The van der Waals surface area contributed by atoms with Crippen molar-refractivity contribution in [3.63, 3.8) is 0 Å². The number of amides is 1. The van der Waals surface area contributed by atoms with E-state index in [1.807, 2.05) is 13.8 Å². The molecule has 0 saturated carbocycles. The highest BCUT2D eigenvalue weighted by Crippen LogP contribution is 2.29. The van der Waals surface area contributed by atoms with E-state index in [4.69, 9.17) is 5.73 Å². The summed E-state index contributed by atoms with van der Waals surface area (Å²) >= 11 is 0. The normalized spacial score (nSPS) is 20.2. The molecule has 6 nitrogen and oxygen atoms in total. The van der Waals surface area contributed by atoms with Gasteiger partial charge in [-0.2, -0.15) is 0 Å². The third kappa shape index (κ3) is 3.75. The molecule has 1 aliphatic rings. The van der Waals surface area contributed by atoms with Crippen LogP contribution in [0, 0.1) is 22.5 Å². The van der Waals surface area contributed by atoms with Gasteiger partial charge in [0.15, 0.2) is 0 Å². The Bertz CT molecular complexity index is 589. The zero-order chi connectivity index (χ0) is 15.8. The monoisotopic (exact) mass is 327 g/mol. The van der Waals surface area contributed by atoms with E-state index in [-0.39, 0.29) is 35.5 Å². The number of hydrogen-bond donors (Lipinski definition) is 1. The molecule has 22 heavy (non-hydrogen) atoms. The van der Waals surface area contributed by atoms with Crippen molar-refractivity contribution in [3.8, 4) is 0 Å². The number of nitrogens with two attached hydrogens (primary N) is 1. The van der Waals surface area contributed by atoms with Gasteiger partial charge in [0.25, 0.3) is 11.6 Å². The number of likely N-dealkylation sites (tertiary alicyclic amines) is 1. The first kappa shape index (κ1) is 18.4. The van der Waals surface area contributed by atoms with Crippen LogP contribution in [0.4, 0.5) is 5.69 Å². The summed E-state index contributed by atoms with van der Waals surface area (Å²) in [6, 6.07) is 4.56. The van der Waals surface area contributed by atoms with E-state index in [2.05, 4.69) is 0 Å². The summed E-state index contributed by atoms with van der Waals surface area (Å²) in [6.07, 6.45) is 0.743. The maximum Gasteiger partial charge on any atom is 0.270 e. The fourth-order valence-corrected chi connectivity index (χ4v) is 2.72. The number of rotatable bonds is 2. The second kappa shape index (κ2) is 6.62. The Morgan fingerprint density at radius 1 is 1.41 bits per heavy atom. The molecule has 0 spiro atoms. The van der Waals surface area contributed by atoms with Crippen molar-refractivity contribution in [2.24, 2.45) is 11.1 Å². The first-order valence-corrected chi connectivity index (χ1v) is 7.01. The third-order valence-corrected chi connectivity index (χ3v) is 4.12. The van der Waals surface area contributed by atoms with Gasteiger partial charge in [0.1, 0.15) is 0 Å². The SMILES string of the molecule is Cc1cc(C(=O)N2CCC(N)C(C)(C)C2)cc([N+](=O)[O-])c1.Cl. The Balaban J connectivity index is 0.00000242. The van der Waals surface area contributed by atoms with Crippen molar-refractivity contribution in [1.29, 1.82) is 0 Å². The lowest BCUT2D eigenvalue weighted by atomic mass is 9.79. The summed E-state index contributed by atoms with van der Waals surface area (Å²) in [5.41, 5.74) is 6.95. The van der Waals surface area contributed by atoms with Gasteiger partial charge in [-0.25, -0.2) is 0 Å². The quantitative estimate of drug-likeness (QED) is 0.667. The number of piperidine rings is 1. The number of carbonyl (C=O) groups is 1. The van der Waals surface area contributed by atoms with Gasteiger partial charge in [-0.3, -0.25) is 14.9 Å². The van der Waals surface area contributed by atoms with E-state index in [0.717, 1.165) is 6.42 Å². The van der Waals surface area contributed by atoms with Crippen molar-refractivity contribution < 1.29 is 9.72 Å². The van der Waals surface area contributed by atoms with E-state index in [1.54, 1.807) is 17.9 Å². The minimum Gasteiger partial charge on any atom is -0.338 e. The van der Waals surface area contributed by atoms with E-state index in [1.165, 1.54) is 12.1 Å². The molecule has 7 heteroatoms. The van der Waals surface area contributed by atoms with E-state index >= 15 is 0 Å².